The number of rotatable bonds is 13. The van der Waals surface area contributed by atoms with Crippen molar-refractivity contribution in [2.75, 3.05) is 18.1 Å². The van der Waals surface area contributed by atoms with Crippen LogP contribution in [-0.4, -0.2) is 42.3 Å². The highest BCUT2D eigenvalue weighted by Crippen LogP contribution is 2.49. The standard InChI is InChI=1S/C28H29F2NO8S.H3N/c29-19-5-3-18(4-6-19)25(32)14-13-24-27(31(28(24)34)21-9-7-20(30)8-10-21)23-12-11-22(17-26(23)33)38-15-1-2-16-39-40(35,36)37;/h3-12,17,24-25,27,32-33H,1-2,13-16H2,(H,35,36,37);1H3. The number of aliphatic hydroxyl groups excluding tert-OH is 1. The molecule has 6 N–H and O–H groups in total. The highest BCUT2D eigenvalue weighted by molar-refractivity contribution is 7.80. The van der Waals surface area contributed by atoms with Crippen LogP contribution in [0.15, 0.2) is 66.7 Å². The van der Waals surface area contributed by atoms with Crippen molar-refractivity contribution < 1.29 is 45.7 Å². The first-order chi connectivity index (χ1) is 19.0. The number of nitrogens with zero attached hydrogens (tertiary/aromatic N) is 1. The van der Waals surface area contributed by atoms with E-state index in [0.717, 1.165) is 0 Å². The van der Waals surface area contributed by atoms with Crippen LogP contribution in [0.25, 0.3) is 0 Å². The van der Waals surface area contributed by atoms with Crippen molar-refractivity contribution in [1.29, 1.82) is 0 Å². The molecular formula is C28H32F2N2O8S. The first kappa shape index (κ1) is 31.9. The van der Waals surface area contributed by atoms with Crippen molar-refractivity contribution in [3.05, 3.63) is 89.5 Å². The number of aliphatic hydroxyl groups is 1. The van der Waals surface area contributed by atoms with Gasteiger partial charge in [-0.05, 0) is 79.8 Å². The summed E-state index contributed by atoms with van der Waals surface area (Å²) >= 11 is 0. The van der Waals surface area contributed by atoms with Crippen LogP contribution in [0, 0.1) is 17.6 Å². The Labute approximate surface area is 236 Å². The lowest BCUT2D eigenvalue weighted by Gasteiger charge is -2.48. The number of amides is 1. The number of β-lactam (4-membered cyclic amide) rings is 1. The number of unbranched alkanes of at least 4 members (excludes halogenated alkanes) is 1. The normalized spacial score (nSPS) is 17.5. The molecule has 0 aromatic heterocycles. The van der Waals surface area contributed by atoms with E-state index in [1.807, 2.05) is 0 Å². The van der Waals surface area contributed by atoms with Gasteiger partial charge >= 0.3 is 10.4 Å². The van der Waals surface area contributed by atoms with Crippen LogP contribution in [0.3, 0.4) is 0 Å². The van der Waals surface area contributed by atoms with Crippen LogP contribution in [0.4, 0.5) is 14.5 Å². The third-order valence-corrected chi connectivity index (χ3v) is 7.15. The maximum absolute atomic E-state index is 13.5. The lowest BCUT2D eigenvalue weighted by Crippen LogP contribution is -2.55. The molecule has 222 valence electrons. The topological polar surface area (TPSA) is 169 Å². The molecule has 0 aliphatic carbocycles. The number of ether oxygens (including phenoxy) is 1. The summed E-state index contributed by atoms with van der Waals surface area (Å²) in [5, 5.41) is 21.5. The average Bonchev–Trinajstić information content (AvgIpc) is 2.90. The number of carbonyl (C=O) groups excluding carboxylic acids is 1. The molecular weight excluding hydrogens is 562 g/mol. The van der Waals surface area contributed by atoms with Crippen LogP contribution in [-0.2, 0) is 19.4 Å². The van der Waals surface area contributed by atoms with E-state index in [2.05, 4.69) is 4.18 Å². The molecule has 3 atom stereocenters. The third-order valence-electron chi connectivity index (χ3n) is 6.68. The highest BCUT2D eigenvalue weighted by Gasteiger charge is 2.49. The Morgan fingerprint density at radius 3 is 2.15 bits per heavy atom. The predicted octanol–water partition coefficient (Wildman–Crippen LogP) is 5.03. The van der Waals surface area contributed by atoms with Crippen molar-refractivity contribution in [1.82, 2.24) is 6.15 Å². The molecule has 3 unspecified atom stereocenters. The number of halogens is 2. The fourth-order valence-corrected chi connectivity index (χ4v) is 5.01. The molecule has 0 spiro atoms. The van der Waals surface area contributed by atoms with Gasteiger partial charge in [0.2, 0.25) is 5.91 Å². The molecule has 1 aliphatic heterocycles. The number of aromatic hydroxyl groups is 1. The Balaban J connectivity index is 0.00000462. The lowest BCUT2D eigenvalue weighted by molar-refractivity contribution is -0.131. The van der Waals surface area contributed by atoms with Gasteiger partial charge in [0.15, 0.2) is 0 Å². The first-order valence-electron chi connectivity index (χ1n) is 12.6. The zero-order valence-electron chi connectivity index (χ0n) is 22.0. The minimum absolute atomic E-state index is 0. The molecule has 10 nitrogen and oxygen atoms in total. The van der Waals surface area contributed by atoms with Gasteiger partial charge in [-0.2, -0.15) is 8.42 Å². The Kier molecular flexibility index (Phi) is 10.8. The minimum Gasteiger partial charge on any atom is -0.507 e. The Hall–Kier alpha value is -3.62. The SMILES string of the molecule is N.O=C1C(CCC(O)c2ccc(F)cc2)C(c2ccc(OCCCCOS(=O)(=O)O)cc2O)N1c1ccc(F)cc1. The Morgan fingerprint density at radius 2 is 1.54 bits per heavy atom. The highest BCUT2D eigenvalue weighted by atomic mass is 32.3. The summed E-state index contributed by atoms with van der Waals surface area (Å²) in [7, 11) is -4.49. The summed E-state index contributed by atoms with van der Waals surface area (Å²) in [5.41, 5.74) is 1.42. The summed E-state index contributed by atoms with van der Waals surface area (Å²) in [5.74, 6) is -1.48. The molecule has 1 saturated heterocycles. The first-order valence-corrected chi connectivity index (χ1v) is 14.0. The quantitative estimate of drug-likeness (QED) is 0.120. The number of carbonyl (C=O) groups is 1. The number of phenolic OH excluding ortho intramolecular Hbond substituents is 1. The van der Waals surface area contributed by atoms with E-state index in [0.29, 0.717) is 35.4 Å². The molecule has 3 aromatic carbocycles. The second-order valence-corrected chi connectivity index (χ2v) is 10.5. The van der Waals surface area contributed by atoms with Crippen molar-refractivity contribution in [3.63, 3.8) is 0 Å². The lowest BCUT2D eigenvalue weighted by atomic mass is 9.78. The number of hydrogen-bond donors (Lipinski definition) is 4. The number of hydrogen-bond acceptors (Lipinski definition) is 8. The van der Waals surface area contributed by atoms with E-state index >= 15 is 0 Å². The van der Waals surface area contributed by atoms with Gasteiger partial charge in [0.1, 0.15) is 23.1 Å². The van der Waals surface area contributed by atoms with E-state index in [4.69, 9.17) is 9.29 Å². The molecule has 0 radical (unpaired) electrons. The van der Waals surface area contributed by atoms with Crippen molar-refractivity contribution in [3.8, 4) is 11.5 Å². The number of benzene rings is 3. The maximum atomic E-state index is 13.5. The van der Waals surface area contributed by atoms with Gasteiger partial charge in [-0.25, -0.2) is 13.0 Å². The molecule has 0 bridgehead atoms. The van der Waals surface area contributed by atoms with Crippen LogP contribution in [0.2, 0.25) is 0 Å². The van der Waals surface area contributed by atoms with Crippen molar-refractivity contribution in [2.24, 2.45) is 5.92 Å². The molecule has 3 aromatic rings. The zero-order chi connectivity index (χ0) is 28.9. The molecule has 0 saturated carbocycles. The fourth-order valence-electron chi connectivity index (χ4n) is 4.69. The monoisotopic (exact) mass is 594 g/mol. The van der Waals surface area contributed by atoms with Crippen LogP contribution in [0.5, 0.6) is 11.5 Å². The number of anilines is 1. The van der Waals surface area contributed by atoms with E-state index in [-0.39, 0.29) is 43.9 Å². The second-order valence-electron chi connectivity index (χ2n) is 9.41. The molecule has 13 heteroatoms. The van der Waals surface area contributed by atoms with Gasteiger partial charge in [-0.3, -0.25) is 9.35 Å². The van der Waals surface area contributed by atoms with E-state index in [1.165, 1.54) is 59.5 Å². The van der Waals surface area contributed by atoms with Crippen LogP contribution in [0.1, 0.15) is 49.0 Å². The van der Waals surface area contributed by atoms with E-state index in [9.17, 15) is 32.2 Å². The van der Waals surface area contributed by atoms with E-state index in [1.54, 1.807) is 12.1 Å². The van der Waals surface area contributed by atoms with Gasteiger partial charge in [0.25, 0.3) is 0 Å². The maximum Gasteiger partial charge on any atom is 0.397 e. The Morgan fingerprint density at radius 1 is 0.927 bits per heavy atom. The molecule has 41 heavy (non-hydrogen) atoms. The van der Waals surface area contributed by atoms with Crippen molar-refractivity contribution >= 4 is 22.0 Å². The summed E-state index contributed by atoms with van der Waals surface area (Å²) in [4.78, 5) is 14.7. The summed E-state index contributed by atoms with van der Waals surface area (Å²) in [6, 6.07) is 15.0. The largest absolute Gasteiger partial charge is 0.507 e. The zero-order valence-corrected chi connectivity index (χ0v) is 22.8. The number of phenols is 1. The average molecular weight is 595 g/mol. The molecule has 1 fully saturated rings. The summed E-state index contributed by atoms with van der Waals surface area (Å²) < 4.78 is 66.3. The van der Waals surface area contributed by atoms with Gasteiger partial charge in [-0.15, -0.1) is 0 Å². The van der Waals surface area contributed by atoms with Gasteiger partial charge in [0.05, 0.1) is 31.3 Å². The minimum atomic E-state index is -4.49. The van der Waals surface area contributed by atoms with Crippen LogP contribution < -0.4 is 15.8 Å². The molecule has 1 aliphatic rings. The van der Waals surface area contributed by atoms with Gasteiger partial charge in [0, 0.05) is 17.3 Å². The van der Waals surface area contributed by atoms with Gasteiger partial charge < -0.3 is 26.0 Å². The summed E-state index contributed by atoms with van der Waals surface area (Å²) in [6.07, 6.45) is 0.321. The summed E-state index contributed by atoms with van der Waals surface area (Å²) in [6.45, 7) is -0.000301. The molecule has 4 rings (SSSR count). The third kappa shape index (κ3) is 8.21. The fraction of sp³-hybridized carbons (Fsp3) is 0.321. The molecule has 1 amide bonds. The Bertz CT molecular complexity index is 1420. The van der Waals surface area contributed by atoms with Crippen molar-refractivity contribution in [2.45, 2.75) is 37.8 Å². The van der Waals surface area contributed by atoms with Crippen LogP contribution >= 0.6 is 0 Å². The smallest absolute Gasteiger partial charge is 0.397 e. The predicted molar refractivity (Wildman–Crippen MR) is 146 cm³/mol. The second kappa shape index (κ2) is 13.8. The van der Waals surface area contributed by atoms with Gasteiger partial charge in [-0.1, -0.05) is 12.1 Å². The molecule has 1 heterocycles. The van der Waals surface area contributed by atoms with E-state index < -0.39 is 40.1 Å².